The van der Waals surface area contributed by atoms with E-state index in [0.717, 1.165) is 11.1 Å². The summed E-state index contributed by atoms with van der Waals surface area (Å²) >= 11 is 0. The molecule has 0 bridgehead atoms. The van der Waals surface area contributed by atoms with Gasteiger partial charge in [-0.2, -0.15) is 5.26 Å². The molecule has 1 heterocycles. The molecule has 0 radical (unpaired) electrons. The smallest absolute Gasteiger partial charge is 0.269 e. The Hall–Kier alpha value is -3.72. The van der Waals surface area contributed by atoms with Crippen LogP contribution in [0.15, 0.2) is 54.6 Å². The summed E-state index contributed by atoms with van der Waals surface area (Å²) in [7, 11) is 0. The van der Waals surface area contributed by atoms with Gasteiger partial charge in [-0.25, -0.2) is 4.98 Å². The topological polar surface area (TPSA) is 106 Å². The second-order valence-electron chi connectivity index (χ2n) is 5.49. The van der Waals surface area contributed by atoms with E-state index in [-0.39, 0.29) is 17.1 Å². The van der Waals surface area contributed by atoms with Crippen LogP contribution in [0.3, 0.4) is 0 Å². The van der Waals surface area contributed by atoms with Gasteiger partial charge in [0, 0.05) is 29.0 Å². The maximum atomic E-state index is 10.9. The van der Waals surface area contributed by atoms with Gasteiger partial charge in [0.25, 0.3) is 5.69 Å². The zero-order chi connectivity index (χ0) is 18.0. The van der Waals surface area contributed by atoms with Crippen LogP contribution < -0.4 is 5.73 Å². The number of pyridine rings is 1. The highest BCUT2D eigenvalue weighted by atomic mass is 16.6. The summed E-state index contributed by atoms with van der Waals surface area (Å²) in [6, 6.07) is 17.7. The highest BCUT2D eigenvalue weighted by Crippen LogP contribution is 2.38. The van der Waals surface area contributed by atoms with Gasteiger partial charge >= 0.3 is 0 Å². The van der Waals surface area contributed by atoms with Gasteiger partial charge < -0.3 is 5.73 Å². The van der Waals surface area contributed by atoms with Crippen molar-refractivity contribution in [1.82, 2.24) is 4.98 Å². The number of hydrogen-bond acceptors (Lipinski definition) is 5. The molecule has 1 aromatic heterocycles. The predicted molar refractivity (Wildman–Crippen MR) is 95.6 cm³/mol. The molecule has 3 rings (SSSR count). The van der Waals surface area contributed by atoms with Crippen LogP contribution >= 0.6 is 0 Å². The van der Waals surface area contributed by atoms with Gasteiger partial charge in [0.15, 0.2) is 0 Å². The average Bonchev–Trinajstić information content (AvgIpc) is 2.62. The monoisotopic (exact) mass is 330 g/mol. The largest absolute Gasteiger partial charge is 0.383 e. The summed E-state index contributed by atoms with van der Waals surface area (Å²) in [6.45, 7) is 1.83. The van der Waals surface area contributed by atoms with Crippen LogP contribution in [0, 0.1) is 28.4 Å². The maximum absolute atomic E-state index is 10.9. The second-order valence-corrected chi connectivity index (χ2v) is 5.49. The molecule has 0 aliphatic rings. The lowest BCUT2D eigenvalue weighted by Crippen LogP contribution is -2.03. The van der Waals surface area contributed by atoms with Gasteiger partial charge in [0.05, 0.1) is 4.92 Å². The van der Waals surface area contributed by atoms with Crippen molar-refractivity contribution in [3.8, 4) is 28.3 Å². The van der Waals surface area contributed by atoms with Crippen LogP contribution in [0.2, 0.25) is 0 Å². The first kappa shape index (κ1) is 16.1. The number of hydrogen-bond donors (Lipinski definition) is 1. The lowest BCUT2D eigenvalue weighted by molar-refractivity contribution is -0.384. The van der Waals surface area contributed by atoms with E-state index in [1.165, 1.54) is 12.1 Å². The molecule has 0 saturated heterocycles. The Morgan fingerprint density at radius 1 is 1.04 bits per heavy atom. The van der Waals surface area contributed by atoms with Gasteiger partial charge in [-0.3, -0.25) is 10.1 Å². The van der Waals surface area contributed by atoms with E-state index in [1.54, 1.807) is 12.1 Å². The first-order chi connectivity index (χ1) is 12.0. The standard InChI is InChI=1S/C19H14N4O2/c1-12-17(13-5-3-2-4-6-13)18(16(11-20)19(21)22-12)14-7-9-15(10-8-14)23(24)25/h2-10H,1H3,(H2,21,22). The first-order valence-electron chi connectivity index (χ1n) is 7.53. The fourth-order valence-electron chi connectivity index (χ4n) is 2.84. The number of non-ortho nitro benzene ring substituents is 1. The summed E-state index contributed by atoms with van der Waals surface area (Å²) < 4.78 is 0. The van der Waals surface area contributed by atoms with Crippen LogP contribution in [-0.4, -0.2) is 9.91 Å². The van der Waals surface area contributed by atoms with E-state index in [2.05, 4.69) is 11.1 Å². The Bertz CT molecular complexity index is 991. The van der Waals surface area contributed by atoms with Crippen molar-refractivity contribution in [2.24, 2.45) is 0 Å². The van der Waals surface area contributed by atoms with Crippen LogP contribution in [0.25, 0.3) is 22.3 Å². The molecule has 25 heavy (non-hydrogen) atoms. The highest BCUT2D eigenvalue weighted by molar-refractivity contribution is 5.91. The van der Waals surface area contributed by atoms with E-state index in [9.17, 15) is 15.4 Å². The molecular formula is C19H14N4O2. The van der Waals surface area contributed by atoms with E-state index < -0.39 is 4.92 Å². The Balaban J connectivity index is 2.34. The Morgan fingerprint density at radius 2 is 1.64 bits per heavy atom. The molecule has 6 heteroatoms. The molecule has 2 N–H and O–H groups in total. The average molecular weight is 330 g/mol. The summed E-state index contributed by atoms with van der Waals surface area (Å²) in [5.41, 5.74) is 9.90. The molecule has 0 aliphatic carbocycles. The number of nitro benzene ring substituents is 1. The Morgan fingerprint density at radius 3 is 2.20 bits per heavy atom. The number of nitriles is 1. The molecule has 0 amide bonds. The molecule has 0 spiro atoms. The third kappa shape index (κ3) is 2.91. The minimum absolute atomic E-state index is 0.0118. The molecule has 0 fully saturated rings. The van der Waals surface area contributed by atoms with Crippen molar-refractivity contribution in [2.75, 3.05) is 5.73 Å². The van der Waals surface area contributed by atoms with Gasteiger partial charge in [0.2, 0.25) is 0 Å². The Kier molecular flexibility index (Phi) is 4.14. The number of nitrogen functional groups attached to an aromatic ring is 1. The summed E-state index contributed by atoms with van der Waals surface area (Å²) in [5.74, 6) is 0.146. The quantitative estimate of drug-likeness (QED) is 0.575. The lowest BCUT2D eigenvalue weighted by Gasteiger charge is -2.16. The summed E-state index contributed by atoms with van der Waals surface area (Å²) in [5, 5.41) is 20.5. The van der Waals surface area contributed by atoms with Crippen molar-refractivity contribution < 1.29 is 4.92 Å². The van der Waals surface area contributed by atoms with Crippen molar-refractivity contribution >= 4 is 11.5 Å². The number of nitrogens with zero attached hydrogens (tertiary/aromatic N) is 3. The molecule has 122 valence electrons. The zero-order valence-corrected chi connectivity index (χ0v) is 13.4. The molecule has 0 atom stereocenters. The van der Waals surface area contributed by atoms with Gasteiger partial charge in [0.1, 0.15) is 17.5 Å². The molecule has 0 aliphatic heterocycles. The second kappa shape index (κ2) is 6.42. The van der Waals surface area contributed by atoms with E-state index in [1.807, 2.05) is 37.3 Å². The Labute approximate surface area is 144 Å². The van der Waals surface area contributed by atoms with Crippen LogP contribution in [0.1, 0.15) is 11.3 Å². The van der Waals surface area contributed by atoms with E-state index in [0.29, 0.717) is 16.8 Å². The van der Waals surface area contributed by atoms with E-state index in [4.69, 9.17) is 5.73 Å². The predicted octanol–water partition coefficient (Wildman–Crippen LogP) is 4.09. The molecule has 3 aromatic rings. The number of nitrogens with two attached hydrogens (primary N) is 1. The van der Waals surface area contributed by atoms with Gasteiger partial charge in [-0.05, 0) is 30.2 Å². The van der Waals surface area contributed by atoms with E-state index >= 15 is 0 Å². The van der Waals surface area contributed by atoms with Crippen LogP contribution in [0.4, 0.5) is 11.5 Å². The van der Waals surface area contributed by atoms with Gasteiger partial charge in [-0.15, -0.1) is 0 Å². The highest BCUT2D eigenvalue weighted by Gasteiger charge is 2.20. The third-order valence-electron chi connectivity index (χ3n) is 3.95. The fourth-order valence-corrected chi connectivity index (χ4v) is 2.84. The lowest BCUT2D eigenvalue weighted by atomic mass is 9.90. The zero-order valence-electron chi connectivity index (χ0n) is 13.4. The molecule has 0 unspecified atom stereocenters. The minimum atomic E-state index is -0.459. The summed E-state index contributed by atoms with van der Waals surface area (Å²) in [4.78, 5) is 14.7. The summed E-state index contributed by atoms with van der Waals surface area (Å²) in [6.07, 6.45) is 0. The normalized spacial score (nSPS) is 10.2. The molecule has 0 saturated carbocycles. The van der Waals surface area contributed by atoms with Crippen molar-refractivity contribution in [3.05, 3.63) is 76.0 Å². The molecule has 2 aromatic carbocycles. The molecular weight excluding hydrogens is 316 g/mol. The minimum Gasteiger partial charge on any atom is -0.383 e. The fraction of sp³-hybridized carbons (Fsp3) is 0.0526. The number of anilines is 1. The number of aryl methyl sites for hydroxylation is 1. The first-order valence-corrected chi connectivity index (χ1v) is 7.53. The number of aromatic nitrogens is 1. The third-order valence-corrected chi connectivity index (χ3v) is 3.95. The number of rotatable bonds is 3. The van der Waals surface area contributed by atoms with Crippen LogP contribution in [0.5, 0.6) is 0 Å². The van der Waals surface area contributed by atoms with Crippen molar-refractivity contribution in [1.29, 1.82) is 5.26 Å². The number of nitro groups is 1. The SMILES string of the molecule is Cc1nc(N)c(C#N)c(-c2ccc([N+](=O)[O-])cc2)c1-c1ccccc1. The van der Waals surface area contributed by atoms with Crippen molar-refractivity contribution in [3.63, 3.8) is 0 Å². The molecule has 6 nitrogen and oxygen atoms in total. The number of benzene rings is 2. The van der Waals surface area contributed by atoms with Gasteiger partial charge in [-0.1, -0.05) is 30.3 Å². The van der Waals surface area contributed by atoms with Crippen LogP contribution in [-0.2, 0) is 0 Å². The van der Waals surface area contributed by atoms with Crippen molar-refractivity contribution in [2.45, 2.75) is 6.92 Å². The maximum Gasteiger partial charge on any atom is 0.269 e.